The van der Waals surface area contributed by atoms with Crippen LogP contribution in [0.4, 0.5) is 5.69 Å². The molecule has 0 aliphatic carbocycles. The molecule has 186 valence electrons. The quantitative estimate of drug-likeness (QED) is 0.474. The van der Waals surface area contributed by atoms with Crippen molar-refractivity contribution in [3.05, 3.63) is 59.1 Å². The monoisotopic (exact) mass is 509 g/mol. The lowest BCUT2D eigenvalue weighted by Gasteiger charge is -2.29. The van der Waals surface area contributed by atoms with Crippen molar-refractivity contribution in [3.8, 4) is 5.75 Å². The number of anilines is 1. The van der Waals surface area contributed by atoms with Crippen LogP contribution in [-0.4, -0.2) is 64.7 Å². The number of benzene rings is 2. The van der Waals surface area contributed by atoms with Crippen LogP contribution in [0.3, 0.4) is 0 Å². The Morgan fingerprint density at radius 3 is 2.35 bits per heavy atom. The first kappa shape index (κ1) is 27.5. The van der Waals surface area contributed by atoms with Crippen LogP contribution in [0, 0.1) is 0 Å². The average molecular weight is 510 g/mol. The van der Waals surface area contributed by atoms with Gasteiger partial charge in [0.25, 0.3) is 0 Å². The van der Waals surface area contributed by atoms with Gasteiger partial charge in [0.1, 0.15) is 11.8 Å². The Labute approximate surface area is 206 Å². The van der Waals surface area contributed by atoms with Gasteiger partial charge in [-0.1, -0.05) is 41.9 Å². The molecule has 8 nitrogen and oxygen atoms in total. The molecule has 0 spiro atoms. The number of ether oxygens (including phenoxy) is 1. The van der Waals surface area contributed by atoms with Gasteiger partial charge in [-0.05, 0) is 43.5 Å². The lowest BCUT2D eigenvalue weighted by molar-refractivity contribution is -0.139. The van der Waals surface area contributed by atoms with Gasteiger partial charge in [0.05, 0.1) is 24.1 Å². The van der Waals surface area contributed by atoms with Crippen molar-refractivity contribution >= 4 is 39.1 Å². The van der Waals surface area contributed by atoms with Crippen LogP contribution < -0.4 is 14.4 Å². The van der Waals surface area contributed by atoms with E-state index in [2.05, 4.69) is 5.32 Å². The summed E-state index contributed by atoms with van der Waals surface area (Å²) in [5, 5.41) is 2.87. The van der Waals surface area contributed by atoms with Crippen molar-refractivity contribution < 1.29 is 22.7 Å². The van der Waals surface area contributed by atoms with E-state index in [0.717, 1.165) is 11.8 Å². The molecular weight excluding hydrogens is 478 g/mol. The summed E-state index contributed by atoms with van der Waals surface area (Å²) in [5.41, 5.74) is 1.45. The molecule has 0 aromatic heterocycles. The van der Waals surface area contributed by atoms with Crippen molar-refractivity contribution in [3.63, 3.8) is 0 Å². The lowest BCUT2D eigenvalue weighted by atomic mass is 10.1. The number of sulfonamides is 1. The summed E-state index contributed by atoms with van der Waals surface area (Å²) >= 11 is 6.17. The molecule has 2 amide bonds. The van der Waals surface area contributed by atoms with E-state index in [1.54, 1.807) is 24.0 Å². The highest BCUT2D eigenvalue weighted by molar-refractivity contribution is 7.92. The number of amides is 2. The summed E-state index contributed by atoms with van der Waals surface area (Å²) in [6.07, 6.45) is 2.07. The molecule has 0 saturated carbocycles. The third kappa shape index (κ3) is 7.63. The second-order valence-electron chi connectivity index (χ2n) is 7.87. The standard InChI is InChI=1S/C24H32ClN3O5S/c1-18(24(30)26-2)27(16-14-19-9-6-5-7-10-19)23(29)11-8-15-28(34(4,31)32)20-12-13-22(33-3)21(25)17-20/h5-7,9-10,12-13,17-18H,8,11,14-16H2,1-4H3,(H,26,30)/t18-/m1/s1. The number of nitrogens with zero attached hydrogens (tertiary/aromatic N) is 2. The van der Waals surface area contributed by atoms with Crippen LogP contribution in [0.25, 0.3) is 0 Å². The van der Waals surface area contributed by atoms with Crippen LogP contribution >= 0.6 is 11.6 Å². The first-order valence-electron chi connectivity index (χ1n) is 10.9. The highest BCUT2D eigenvalue weighted by Gasteiger charge is 2.25. The van der Waals surface area contributed by atoms with Gasteiger partial charge in [0.15, 0.2) is 0 Å². The summed E-state index contributed by atoms with van der Waals surface area (Å²) in [6, 6.07) is 13.8. The van der Waals surface area contributed by atoms with E-state index in [0.29, 0.717) is 24.4 Å². The molecule has 0 bridgehead atoms. The molecule has 0 fully saturated rings. The Morgan fingerprint density at radius 1 is 1.12 bits per heavy atom. The summed E-state index contributed by atoms with van der Waals surface area (Å²) < 4.78 is 31.2. The molecule has 0 saturated heterocycles. The Hall–Kier alpha value is -2.78. The van der Waals surface area contributed by atoms with Gasteiger partial charge in [-0.2, -0.15) is 0 Å². The molecule has 0 aliphatic rings. The van der Waals surface area contributed by atoms with E-state index in [4.69, 9.17) is 16.3 Å². The molecule has 2 aromatic carbocycles. The Bertz CT molecular complexity index is 1080. The third-order valence-electron chi connectivity index (χ3n) is 5.47. The fraction of sp³-hybridized carbons (Fsp3) is 0.417. The van der Waals surface area contributed by atoms with Gasteiger partial charge in [0, 0.05) is 26.6 Å². The zero-order valence-corrected chi connectivity index (χ0v) is 21.5. The molecular formula is C24H32ClN3O5S. The first-order valence-corrected chi connectivity index (χ1v) is 13.2. The molecule has 2 rings (SSSR count). The molecule has 0 heterocycles. The van der Waals surface area contributed by atoms with Gasteiger partial charge in [-0.3, -0.25) is 13.9 Å². The Kier molecular flexibility index (Phi) is 10.2. The van der Waals surface area contributed by atoms with Crippen LogP contribution in [-0.2, 0) is 26.0 Å². The second kappa shape index (κ2) is 12.6. The van der Waals surface area contributed by atoms with Gasteiger partial charge in [0.2, 0.25) is 21.8 Å². The maximum Gasteiger partial charge on any atom is 0.242 e. The lowest BCUT2D eigenvalue weighted by Crippen LogP contribution is -2.48. The van der Waals surface area contributed by atoms with Gasteiger partial charge < -0.3 is 15.0 Å². The van der Waals surface area contributed by atoms with Crippen molar-refractivity contribution in [1.29, 1.82) is 0 Å². The second-order valence-corrected chi connectivity index (χ2v) is 10.2. The number of hydrogen-bond donors (Lipinski definition) is 1. The number of carbonyl (C=O) groups is 2. The predicted molar refractivity (Wildman–Crippen MR) is 135 cm³/mol. The van der Waals surface area contributed by atoms with Crippen LogP contribution in [0.15, 0.2) is 48.5 Å². The van der Waals surface area contributed by atoms with E-state index in [9.17, 15) is 18.0 Å². The number of likely N-dealkylation sites (N-methyl/N-ethyl adjacent to an activating group) is 1. The van der Waals surface area contributed by atoms with Crippen LogP contribution in [0.2, 0.25) is 5.02 Å². The van der Waals surface area contributed by atoms with E-state index in [1.807, 2.05) is 30.3 Å². The van der Waals surface area contributed by atoms with Crippen molar-refractivity contribution in [2.24, 2.45) is 0 Å². The minimum atomic E-state index is -3.61. The Morgan fingerprint density at radius 2 is 1.79 bits per heavy atom. The zero-order valence-electron chi connectivity index (χ0n) is 20.0. The van der Waals surface area contributed by atoms with Crippen molar-refractivity contribution in [1.82, 2.24) is 10.2 Å². The fourth-order valence-corrected chi connectivity index (χ4v) is 4.80. The maximum absolute atomic E-state index is 13.1. The number of rotatable bonds is 12. The average Bonchev–Trinajstić information content (AvgIpc) is 2.81. The minimum Gasteiger partial charge on any atom is -0.495 e. The summed E-state index contributed by atoms with van der Waals surface area (Å²) in [4.78, 5) is 26.9. The molecule has 10 heteroatoms. The van der Waals surface area contributed by atoms with Gasteiger partial charge in [-0.15, -0.1) is 0 Å². The Balaban J connectivity index is 2.10. The SMILES string of the molecule is CNC(=O)[C@@H](C)N(CCc1ccccc1)C(=O)CCCN(c1ccc(OC)c(Cl)c1)S(C)(=O)=O. The highest BCUT2D eigenvalue weighted by Crippen LogP contribution is 2.30. The molecule has 0 aliphatic heterocycles. The number of nitrogens with one attached hydrogen (secondary N) is 1. The maximum atomic E-state index is 13.1. The molecule has 1 atom stereocenters. The van der Waals surface area contributed by atoms with E-state index in [-0.39, 0.29) is 36.2 Å². The van der Waals surface area contributed by atoms with Crippen LogP contribution in [0.1, 0.15) is 25.3 Å². The van der Waals surface area contributed by atoms with Gasteiger partial charge >= 0.3 is 0 Å². The van der Waals surface area contributed by atoms with Crippen LogP contribution in [0.5, 0.6) is 5.75 Å². The number of hydrogen-bond acceptors (Lipinski definition) is 5. The van der Waals surface area contributed by atoms with E-state index < -0.39 is 16.1 Å². The van der Waals surface area contributed by atoms with Crippen molar-refractivity contribution in [2.75, 3.05) is 37.8 Å². The summed E-state index contributed by atoms with van der Waals surface area (Å²) in [6.45, 7) is 2.15. The largest absolute Gasteiger partial charge is 0.495 e. The highest BCUT2D eigenvalue weighted by atomic mass is 35.5. The zero-order chi connectivity index (χ0) is 25.3. The molecule has 2 aromatic rings. The minimum absolute atomic E-state index is 0.0893. The fourth-order valence-electron chi connectivity index (χ4n) is 3.59. The summed E-state index contributed by atoms with van der Waals surface area (Å²) in [5.74, 6) is -0.0356. The first-order chi connectivity index (χ1) is 16.1. The number of halogens is 1. The smallest absolute Gasteiger partial charge is 0.242 e. The number of carbonyl (C=O) groups excluding carboxylic acids is 2. The van der Waals surface area contributed by atoms with Crippen molar-refractivity contribution in [2.45, 2.75) is 32.2 Å². The van der Waals surface area contributed by atoms with Gasteiger partial charge in [-0.25, -0.2) is 8.42 Å². The molecule has 0 unspecified atom stereocenters. The molecule has 34 heavy (non-hydrogen) atoms. The normalized spacial score (nSPS) is 12.0. The third-order valence-corrected chi connectivity index (χ3v) is 6.96. The molecule has 0 radical (unpaired) electrons. The van der Waals surface area contributed by atoms with E-state index in [1.165, 1.54) is 24.5 Å². The summed E-state index contributed by atoms with van der Waals surface area (Å²) in [7, 11) is -0.601. The predicted octanol–water partition coefficient (Wildman–Crippen LogP) is 3.10. The molecule has 1 N–H and O–H groups in total. The number of methoxy groups -OCH3 is 1. The van der Waals surface area contributed by atoms with E-state index >= 15 is 0 Å². The topological polar surface area (TPSA) is 96.0 Å².